The molecule has 2 heterocycles. The topological polar surface area (TPSA) is 70.1 Å². The maximum absolute atomic E-state index is 12.6. The molecule has 2 saturated heterocycles. The van der Waals surface area contributed by atoms with Gasteiger partial charge in [0.1, 0.15) is 0 Å². The number of carbonyl (C=O) groups excluding carboxylic acids is 1. The van der Waals surface area contributed by atoms with Crippen molar-refractivity contribution in [3.05, 3.63) is 0 Å². The van der Waals surface area contributed by atoms with Crippen LogP contribution in [0.5, 0.6) is 0 Å². The largest absolute Gasteiger partial charge is 0.481 e. The third kappa shape index (κ3) is 3.87. The molecule has 0 aromatic rings. The predicted octanol–water partition coefficient (Wildman–Crippen LogP) is 1.79. The van der Waals surface area contributed by atoms with Gasteiger partial charge in [-0.25, -0.2) is 4.79 Å². The Morgan fingerprint density at radius 1 is 1.19 bits per heavy atom. The predicted molar refractivity (Wildman–Crippen MR) is 78.1 cm³/mol. The van der Waals surface area contributed by atoms with Crippen molar-refractivity contribution in [3.63, 3.8) is 0 Å². The van der Waals surface area contributed by atoms with Gasteiger partial charge in [-0.05, 0) is 39.5 Å². The van der Waals surface area contributed by atoms with Crippen molar-refractivity contribution in [2.45, 2.75) is 51.7 Å². The minimum absolute atomic E-state index is 0.00281. The summed E-state index contributed by atoms with van der Waals surface area (Å²) in [5.74, 6) is -1.06. The first kappa shape index (κ1) is 16.1. The summed E-state index contributed by atoms with van der Waals surface area (Å²) in [7, 11) is 0. The van der Waals surface area contributed by atoms with Gasteiger partial charge in [-0.2, -0.15) is 0 Å². The zero-order valence-corrected chi connectivity index (χ0v) is 13.0. The van der Waals surface area contributed by atoms with E-state index >= 15 is 0 Å². The van der Waals surface area contributed by atoms with Crippen LogP contribution in [-0.4, -0.2) is 65.3 Å². The molecule has 2 atom stereocenters. The normalized spacial score (nSPS) is 27.7. The third-order valence-electron chi connectivity index (χ3n) is 4.59. The number of piperidine rings is 2. The molecule has 0 aromatic heterocycles. The van der Waals surface area contributed by atoms with Crippen LogP contribution in [0.1, 0.15) is 39.5 Å². The molecular formula is C15H26N2O4. The number of hydrogen-bond donors (Lipinski definition) is 1. The van der Waals surface area contributed by atoms with Gasteiger partial charge in [0.05, 0.1) is 12.0 Å². The lowest BCUT2D eigenvalue weighted by molar-refractivity contribution is -0.143. The first-order valence-corrected chi connectivity index (χ1v) is 7.92. The van der Waals surface area contributed by atoms with Crippen molar-refractivity contribution in [3.8, 4) is 0 Å². The van der Waals surface area contributed by atoms with Gasteiger partial charge in [-0.3, -0.25) is 4.79 Å². The monoisotopic (exact) mass is 298 g/mol. The van der Waals surface area contributed by atoms with Gasteiger partial charge in [-0.1, -0.05) is 0 Å². The first-order chi connectivity index (χ1) is 10.0. The molecule has 0 radical (unpaired) electrons. The van der Waals surface area contributed by atoms with Gasteiger partial charge in [0.15, 0.2) is 0 Å². The summed E-state index contributed by atoms with van der Waals surface area (Å²) in [6.45, 7) is 6.66. The van der Waals surface area contributed by atoms with E-state index in [9.17, 15) is 9.59 Å². The van der Waals surface area contributed by atoms with E-state index < -0.39 is 5.97 Å². The molecule has 0 spiro atoms. The zero-order chi connectivity index (χ0) is 15.4. The van der Waals surface area contributed by atoms with E-state index in [0.29, 0.717) is 19.4 Å². The van der Waals surface area contributed by atoms with E-state index in [1.54, 1.807) is 0 Å². The molecule has 2 unspecified atom stereocenters. The Hall–Kier alpha value is -1.30. The molecule has 2 amide bonds. The van der Waals surface area contributed by atoms with Crippen LogP contribution in [-0.2, 0) is 9.53 Å². The van der Waals surface area contributed by atoms with Crippen molar-refractivity contribution < 1.29 is 19.4 Å². The van der Waals surface area contributed by atoms with Gasteiger partial charge in [0.25, 0.3) is 0 Å². The summed E-state index contributed by atoms with van der Waals surface area (Å²) in [6, 6.07) is 0.0539. The number of nitrogens with zero attached hydrogens (tertiary/aromatic N) is 2. The number of carboxylic acid groups (broad SMARTS) is 1. The summed E-state index contributed by atoms with van der Waals surface area (Å²) in [5, 5.41) is 9.08. The maximum atomic E-state index is 12.6. The van der Waals surface area contributed by atoms with Crippen molar-refractivity contribution >= 4 is 12.0 Å². The van der Waals surface area contributed by atoms with E-state index in [-0.39, 0.29) is 24.1 Å². The highest BCUT2D eigenvalue weighted by atomic mass is 16.5. The number of hydrogen-bond acceptors (Lipinski definition) is 3. The summed E-state index contributed by atoms with van der Waals surface area (Å²) in [6.07, 6.45) is 3.16. The number of rotatable bonds is 3. The van der Waals surface area contributed by atoms with Crippen LogP contribution in [0, 0.1) is 5.92 Å². The standard InChI is InChI=1S/C15H26N2O4/c1-3-21-13-5-7-16(8-6-13)15(20)17-9-4-12(14(18)19)10-11(17)2/h11-13H,3-10H2,1-2H3,(H,18,19). The molecule has 2 aliphatic heterocycles. The highest BCUT2D eigenvalue weighted by molar-refractivity contribution is 5.76. The molecular weight excluding hydrogens is 272 g/mol. The van der Waals surface area contributed by atoms with Crippen LogP contribution in [0.4, 0.5) is 4.79 Å². The summed E-state index contributed by atoms with van der Waals surface area (Å²) in [4.78, 5) is 27.3. The number of urea groups is 1. The second-order valence-corrected chi connectivity index (χ2v) is 6.03. The van der Waals surface area contributed by atoms with Gasteiger partial charge < -0.3 is 19.6 Å². The number of aliphatic carboxylic acids is 1. The highest BCUT2D eigenvalue weighted by Crippen LogP contribution is 2.25. The van der Waals surface area contributed by atoms with Gasteiger partial charge >= 0.3 is 12.0 Å². The fourth-order valence-electron chi connectivity index (χ4n) is 3.31. The molecule has 2 rings (SSSR count). The molecule has 2 aliphatic rings. The van der Waals surface area contributed by atoms with E-state index in [2.05, 4.69) is 0 Å². The number of ether oxygens (including phenoxy) is 1. The van der Waals surface area contributed by atoms with Gasteiger partial charge in [0, 0.05) is 32.3 Å². The van der Waals surface area contributed by atoms with E-state index in [4.69, 9.17) is 9.84 Å². The Morgan fingerprint density at radius 2 is 1.86 bits per heavy atom. The fraction of sp³-hybridized carbons (Fsp3) is 0.867. The molecule has 120 valence electrons. The Morgan fingerprint density at radius 3 is 2.38 bits per heavy atom. The molecule has 1 N–H and O–H groups in total. The minimum atomic E-state index is -0.744. The van der Waals surface area contributed by atoms with E-state index in [1.165, 1.54) is 0 Å². The SMILES string of the molecule is CCOC1CCN(C(=O)N2CCC(C(=O)O)CC2C)CC1. The summed E-state index contributed by atoms with van der Waals surface area (Å²) >= 11 is 0. The van der Waals surface area contributed by atoms with Crippen LogP contribution in [0.25, 0.3) is 0 Å². The van der Waals surface area contributed by atoms with Crippen LogP contribution < -0.4 is 0 Å². The zero-order valence-electron chi connectivity index (χ0n) is 13.0. The molecule has 6 nitrogen and oxygen atoms in total. The number of carbonyl (C=O) groups is 2. The smallest absolute Gasteiger partial charge is 0.320 e. The fourth-order valence-corrected chi connectivity index (χ4v) is 3.31. The number of amides is 2. The summed E-state index contributed by atoms with van der Waals surface area (Å²) in [5.41, 5.74) is 0. The van der Waals surface area contributed by atoms with Crippen molar-refractivity contribution in [1.29, 1.82) is 0 Å². The lowest BCUT2D eigenvalue weighted by atomic mass is 9.92. The molecule has 0 bridgehead atoms. The van der Waals surface area contributed by atoms with E-state index in [0.717, 1.165) is 32.5 Å². The van der Waals surface area contributed by atoms with Crippen molar-refractivity contribution in [2.24, 2.45) is 5.92 Å². The Bertz CT molecular complexity index is 380. The Balaban J connectivity index is 1.85. The van der Waals surface area contributed by atoms with Crippen LogP contribution in [0.3, 0.4) is 0 Å². The lowest BCUT2D eigenvalue weighted by Gasteiger charge is -2.41. The molecule has 6 heteroatoms. The van der Waals surface area contributed by atoms with Crippen LogP contribution in [0.2, 0.25) is 0 Å². The average molecular weight is 298 g/mol. The lowest BCUT2D eigenvalue weighted by Crippen LogP contribution is -2.53. The van der Waals surface area contributed by atoms with Gasteiger partial charge in [-0.15, -0.1) is 0 Å². The number of carboxylic acids is 1. The van der Waals surface area contributed by atoms with Crippen LogP contribution >= 0.6 is 0 Å². The molecule has 0 saturated carbocycles. The Labute approximate surface area is 126 Å². The molecule has 0 aliphatic carbocycles. The van der Waals surface area contributed by atoms with Crippen molar-refractivity contribution in [2.75, 3.05) is 26.2 Å². The quantitative estimate of drug-likeness (QED) is 0.862. The van der Waals surface area contributed by atoms with Gasteiger partial charge in [0.2, 0.25) is 0 Å². The van der Waals surface area contributed by atoms with Crippen molar-refractivity contribution in [1.82, 2.24) is 9.80 Å². The minimum Gasteiger partial charge on any atom is -0.481 e. The average Bonchev–Trinajstić information content (AvgIpc) is 2.47. The molecule has 2 fully saturated rings. The second-order valence-electron chi connectivity index (χ2n) is 6.03. The second kappa shape index (κ2) is 7.11. The van der Waals surface area contributed by atoms with E-state index in [1.807, 2.05) is 23.6 Å². The third-order valence-corrected chi connectivity index (χ3v) is 4.59. The number of likely N-dealkylation sites (tertiary alicyclic amines) is 2. The molecule has 0 aromatic carbocycles. The summed E-state index contributed by atoms with van der Waals surface area (Å²) < 4.78 is 5.60. The highest BCUT2D eigenvalue weighted by Gasteiger charge is 2.35. The molecule has 21 heavy (non-hydrogen) atoms. The van der Waals surface area contributed by atoms with Crippen LogP contribution in [0.15, 0.2) is 0 Å². The first-order valence-electron chi connectivity index (χ1n) is 7.92. The Kier molecular flexibility index (Phi) is 5.45. The maximum Gasteiger partial charge on any atom is 0.320 e.